The van der Waals surface area contributed by atoms with E-state index in [0.29, 0.717) is 26.6 Å². The summed E-state index contributed by atoms with van der Waals surface area (Å²) in [6, 6.07) is 11.0. The molecule has 3 rings (SSSR count). The van der Waals surface area contributed by atoms with Gasteiger partial charge in [-0.25, -0.2) is 4.79 Å². The second-order valence-electron chi connectivity index (χ2n) is 4.80. The van der Waals surface area contributed by atoms with Crippen molar-refractivity contribution in [1.82, 2.24) is 9.97 Å². The number of aryl methyl sites for hydroxylation is 1. The minimum absolute atomic E-state index is 0.0525. The first-order valence-electron chi connectivity index (χ1n) is 6.64. The number of hydrogen-bond donors (Lipinski definition) is 2. The van der Waals surface area contributed by atoms with Gasteiger partial charge in [-0.15, -0.1) is 0 Å². The zero-order valence-electron chi connectivity index (χ0n) is 11.4. The van der Waals surface area contributed by atoms with Gasteiger partial charge in [-0.2, -0.15) is 0 Å². The molecule has 0 saturated heterocycles. The van der Waals surface area contributed by atoms with Crippen LogP contribution in [0.25, 0.3) is 11.0 Å². The molecular weight excluding hydrogens is 332 g/mol. The van der Waals surface area contributed by atoms with E-state index >= 15 is 0 Å². The van der Waals surface area contributed by atoms with Gasteiger partial charge in [-0.3, -0.25) is 4.79 Å². The molecule has 2 N–H and O–H groups in total. The van der Waals surface area contributed by atoms with Crippen LogP contribution < -0.4 is 5.69 Å². The van der Waals surface area contributed by atoms with Crippen LogP contribution in [0.1, 0.15) is 28.4 Å². The molecule has 0 aliphatic carbocycles. The quantitative estimate of drug-likeness (QED) is 0.715. The Morgan fingerprint density at radius 2 is 1.76 bits per heavy atom. The molecule has 0 unspecified atom stereocenters. The fourth-order valence-electron chi connectivity index (χ4n) is 2.43. The summed E-state index contributed by atoms with van der Waals surface area (Å²) in [5.41, 5.74) is 3.26. The van der Waals surface area contributed by atoms with Crippen LogP contribution in [0.2, 0.25) is 0 Å². The average molecular weight is 345 g/mol. The van der Waals surface area contributed by atoms with Crippen molar-refractivity contribution in [2.75, 3.05) is 0 Å². The highest BCUT2D eigenvalue weighted by molar-refractivity contribution is 9.10. The molecule has 0 atom stereocenters. The maximum atomic E-state index is 12.8. The van der Waals surface area contributed by atoms with Gasteiger partial charge in [0.25, 0.3) is 0 Å². The summed E-state index contributed by atoms with van der Waals surface area (Å²) in [7, 11) is 0. The molecular formula is C16H13BrN2O2. The van der Waals surface area contributed by atoms with Gasteiger partial charge in [0.05, 0.1) is 11.0 Å². The Balaban J connectivity index is 2.17. The van der Waals surface area contributed by atoms with E-state index in [1.165, 1.54) is 0 Å². The van der Waals surface area contributed by atoms with Crippen molar-refractivity contribution in [3.8, 4) is 0 Å². The van der Waals surface area contributed by atoms with Crippen LogP contribution in [0.15, 0.2) is 45.7 Å². The maximum Gasteiger partial charge on any atom is 0.323 e. The topological polar surface area (TPSA) is 65.7 Å². The molecule has 21 heavy (non-hydrogen) atoms. The van der Waals surface area contributed by atoms with Crippen LogP contribution in [0, 0.1) is 0 Å². The van der Waals surface area contributed by atoms with Crippen molar-refractivity contribution in [1.29, 1.82) is 0 Å². The van der Waals surface area contributed by atoms with Crippen molar-refractivity contribution >= 4 is 32.7 Å². The smallest absolute Gasteiger partial charge is 0.306 e. The third kappa shape index (κ3) is 2.45. The molecule has 0 aliphatic rings. The summed E-state index contributed by atoms with van der Waals surface area (Å²) in [5.74, 6) is -0.0525. The Morgan fingerprint density at radius 1 is 1.10 bits per heavy atom. The Labute approximate surface area is 129 Å². The number of ketones is 1. The Hall–Kier alpha value is -2.14. The van der Waals surface area contributed by atoms with Gasteiger partial charge in [0.1, 0.15) is 0 Å². The fourth-order valence-corrected chi connectivity index (χ4v) is 2.95. The second-order valence-corrected chi connectivity index (χ2v) is 5.65. The predicted molar refractivity (Wildman–Crippen MR) is 85.9 cm³/mol. The molecule has 0 saturated carbocycles. The van der Waals surface area contributed by atoms with E-state index in [4.69, 9.17) is 0 Å². The number of rotatable bonds is 3. The van der Waals surface area contributed by atoms with Crippen molar-refractivity contribution in [2.45, 2.75) is 13.3 Å². The molecule has 0 spiro atoms. The van der Waals surface area contributed by atoms with E-state index in [1.807, 2.05) is 31.2 Å². The van der Waals surface area contributed by atoms with Gasteiger partial charge in [0.15, 0.2) is 5.78 Å². The van der Waals surface area contributed by atoms with Crippen LogP contribution in [-0.4, -0.2) is 15.8 Å². The van der Waals surface area contributed by atoms with Crippen molar-refractivity contribution in [3.05, 3.63) is 68.0 Å². The number of H-pyrrole nitrogens is 2. The molecule has 1 aromatic heterocycles. The predicted octanol–water partition coefficient (Wildman–Crippen LogP) is 3.41. The van der Waals surface area contributed by atoms with Gasteiger partial charge in [-0.1, -0.05) is 31.2 Å². The van der Waals surface area contributed by atoms with E-state index in [1.54, 1.807) is 12.1 Å². The molecule has 0 radical (unpaired) electrons. The van der Waals surface area contributed by atoms with Gasteiger partial charge in [0, 0.05) is 15.6 Å². The molecule has 1 heterocycles. The summed E-state index contributed by atoms with van der Waals surface area (Å²) in [6.07, 6.45) is 0.794. The Morgan fingerprint density at radius 3 is 2.48 bits per heavy atom. The Kier molecular flexibility index (Phi) is 3.51. The van der Waals surface area contributed by atoms with Gasteiger partial charge < -0.3 is 9.97 Å². The summed E-state index contributed by atoms with van der Waals surface area (Å²) in [5, 5.41) is 0. The summed E-state index contributed by atoms with van der Waals surface area (Å²) in [4.78, 5) is 29.5. The lowest BCUT2D eigenvalue weighted by atomic mass is 9.97. The second kappa shape index (κ2) is 5.33. The maximum absolute atomic E-state index is 12.8. The van der Waals surface area contributed by atoms with E-state index in [0.717, 1.165) is 12.0 Å². The number of carbonyl (C=O) groups excluding carboxylic acids is 1. The Bertz CT molecular complexity index is 893. The van der Waals surface area contributed by atoms with Crippen molar-refractivity contribution in [2.24, 2.45) is 0 Å². The highest BCUT2D eigenvalue weighted by Crippen LogP contribution is 2.25. The van der Waals surface area contributed by atoms with E-state index in [9.17, 15) is 9.59 Å². The summed E-state index contributed by atoms with van der Waals surface area (Å²) >= 11 is 3.41. The van der Waals surface area contributed by atoms with Crippen LogP contribution in [-0.2, 0) is 6.42 Å². The molecule has 4 nitrogen and oxygen atoms in total. The third-order valence-corrected chi connectivity index (χ3v) is 4.15. The van der Waals surface area contributed by atoms with Crippen LogP contribution in [0.4, 0.5) is 0 Å². The molecule has 0 amide bonds. The van der Waals surface area contributed by atoms with Crippen LogP contribution in [0.5, 0.6) is 0 Å². The zero-order chi connectivity index (χ0) is 15.0. The lowest BCUT2D eigenvalue weighted by Crippen LogP contribution is -2.06. The summed E-state index contributed by atoms with van der Waals surface area (Å²) < 4.78 is 0.668. The molecule has 5 heteroatoms. The number of aromatic amines is 2. The van der Waals surface area contributed by atoms with E-state index < -0.39 is 0 Å². The monoisotopic (exact) mass is 344 g/mol. The molecule has 3 aromatic rings. The molecule has 106 valence electrons. The average Bonchev–Trinajstić information content (AvgIpc) is 2.84. The number of aromatic nitrogens is 2. The van der Waals surface area contributed by atoms with E-state index in [-0.39, 0.29) is 11.5 Å². The minimum Gasteiger partial charge on any atom is -0.306 e. The van der Waals surface area contributed by atoms with E-state index in [2.05, 4.69) is 25.9 Å². The lowest BCUT2D eigenvalue weighted by Gasteiger charge is -2.08. The van der Waals surface area contributed by atoms with Gasteiger partial charge >= 0.3 is 5.69 Å². The number of carbonyl (C=O) groups is 1. The first-order chi connectivity index (χ1) is 10.1. The third-order valence-electron chi connectivity index (χ3n) is 3.49. The largest absolute Gasteiger partial charge is 0.323 e. The zero-order valence-corrected chi connectivity index (χ0v) is 13.0. The molecule has 0 aliphatic heterocycles. The number of benzene rings is 2. The van der Waals surface area contributed by atoms with Crippen LogP contribution >= 0.6 is 15.9 Å². The minimum atomic E-state index is -0.282. The van der Waals surface area contributed by atoms with Gasteiger partial charge in [0.2, 0.25) is 0 Å². The molecule has 2 aromatic carbocycles. The van der Waals surface area contributed by atoms with Crippen molar-refractivity contribution in [3.63, 3.8) is 0 Å². The fraction of sp³-hybridized carbons (Fsp3) is 0.125. The first-order valence-corrected chi connectivity index (χ1v) is 7.43. The highest BCUT2D eigenvalue weighted by atomic mass is 79.9. The number of halogens is 1. The SMILES string of the molecule is CCc1ccccc1C(=O)c1cc2[nH]c(=O)[nH]c2cc1Br. The standard InChI is InChI=1S/C16H13BrN2O2/c1-2-9-5-3-4-6-10(9)15(20)11-7-13-14(8-12(11)17)19-16(21)18-13/h3-8H,2H2,1H3,(H2,18,19,21). The lowest BCUT2D eigenvalue weighted by molar-refractivity contribution is 0.103. The first kappa shape index (κ1) is 13.8. The number of hydrogen-bond acceptors (Lipinski definition) is 2. The van der Waals surface area contributed by atoms with Crippen LogP contribution in [0.3, 0.4) is 0 Å². The van der Waals surface area contributed by atoms with Gasteiger partial charge in [-0.05, 0) is 40.0 Å². The number of nitrogens with one attached hydrogen (secondary N) is 2. The van der Waals surface area contributed by atoms with Crippen molar-refractivity contribution < 1.29 is 4.79 Å². The number of imidazole rings is 1. The molecule has 0 bridgehead atoms. The highest BCUT2D eigenvalue weighted by Gasteiger charge is 2.16. The molecule has 0 fully saturated rings. The number of fused-ring (bicyclic) bond motifs is 1. The normalized spacial score (nSPS) is 11.0. The summed E-state index contributed by atoms with van der Waals surface area (Å²) in [6.45, 7) is 2.02.